The number of nitrogens with zero attached hydrogens (tertiary/aromatic N) is 1. The smallest absolute Gasteiger partial charge is 0.293 e. The van der Waals surface area contributed by atoms with E-state index in [-0.39, 0.29) is 23.2 Å². The average molecular weight is 354 g/mol. The van der Waals surface area contributed by atoms with E-state index in [1.54, 1.807) is 36.4 Å². The third-order valence-corrected chi connectivity index (χ3v) is 3.83. The molecule has 2 aromatic carbocycles. The summed E-state index contributed by atoms with van der Waals surface area (Å²) in [5.41, 5.74) is 1.50. The highest BCUT2D eigenvalue weighted by atomic mass is 16.6. The molecule has 0 saturated heterocycles. The minimum atomic E-state index is -0.501. The molecule has 0 heterocycles. The molecule has 2 amide bonds. The fourth-order valence-corrected chi connectivity index (χ4v) is 2.47. The Balaban J connectivity index is 1.78. The number of nitrogens with one attached hydrogen (secondary N) is 3. The van der Waals surface area contributed by atoms with Crippen LogP contribution in [0.5, 0.6) is 0 Å². The zero-order valence-corrected chi connectivity index (χ0v) is 14.1. The summed E-state index contributed by atoms with van der Waals surface area (Å²) in [4.78, 5) is 34.3. The second-order valence-electron chi connectivity index (χ2n) is 6.12. The zero-order chi connectivity index (χ0) is 18.7. The molecule has 1 saturated carbocycles. The lowest BCUT2D eigenvalue weighted by Gasteiger charge is -2.10. The van der Waals surface area contributed by atoms with Crippen molar-refractivity contribution in [1.82, 2.24) is 0 Å². The first kappa shape index (κ1) is 17.4. The molecule has 3 rings (SSSR count). The molecule has 0 aromatic heterocycles. The summed E-state index contributed by atoms with van der Waals surface area (Å²) in [6, 6.07) is 11.3. The highest BCUT2D eigenvalue weighted by molar-refractivity contribution is 6.05. The third-order valence-electron chi connectivity index (χ3n) is 3.83. The molecule has 1 aliphatic carbocycles. The van der Waals surface area contributed by atoms with Crippen LogP contribution in [0.15, 0.2) is 42.5 Å². The normalized spacial score (nSPS) is 13.0. The van der Waals surface area contributed by atoms with Gasteiger partial charge in [-0.2, -0.15) is 0 Å². The maximum Gasteiger partial charge on any atom is 0.293 e. The van der Waals surface area contributed by atoms with Crippen molar-refractivity contribution in [2.75, 3.05) is 16.0 Å². The van der Waals surface area contributed by atoms with Crippen LogP contribution in [0.4, 0.5) is 22.7 Å². The minimum absolute atomic E-state index is 0.128. The van der Waals surface area contributed by atoms with Gasteiger partial charge in [0.1, 0.15) is 5.69 Å². The van der Waals surface area contributed by atoms with Gasteiger partial charge in [0.25, 0.3) is 11.6 Å². The van der Waals surface area contributed by atoms with Crippen LogP contribution < -0.4 is 16.0 Å². The largest absolute Gasteiger partial charge is 0.377 e. The molecule has 1 aliphatic rings. The molecule has 2 aromatic rings. The predicted octanol–water partition coefficient (Wildman–Crippen LogP) is 3.38. The van der Waals surface area contributed by atoms with Gasteiger partial charge in [-0.05, 0) is 43.2 Å². The van der Waals surface area contributed by atoms with Gasteiger partial charge >= 0.3 is 0 Å². The first-order valence-electron chi connectivity index (χ1n) is 8.16. The van der Waals surface area contributed by atoms with E-state index in [4.69, 9.17) is 0 Å². The number of hydrogen-bond donors (Lipinski definition) is 3. The summed E-state index contributed by atoms with van der Waals surface area (Å²) in [5, 5.41) is 19.7. The van der Waals surface area contributed by atoms with Crippen LogP contribution in [0.1, 0.15) is 30.1 Å². The molecule has 3 N–H and O–H groups in total. The van der Waals surface area contributed by atoms with E-state index < -0.39 is 10.8 Å². The Bertz CT molecular complexity index is 877. The molecule has 0 aliphatic heterocycles. The van der Waals surface area contributed by atoms with Crippen molar-refractivity contribution < 1.29 is 14.5 Å². The van der Waals surface area contributed by atoms with E-state index in [0.717, 1.165) is 12.8 Å². The molecule has 0 spiro atoms. The number of amides is 2. The van der Waals surface area contributed by atoms with Gasteiger partial charge in [-0.25, -0.2) is 0 Å². The van der Waals surface area contributed by atoms with Gasteiger partial charge < -0.3 is 16.0 Å². The molecule has 0 radical (unpaired) electrons. The fourth-order valence-electron chi connectivity index (χ4n) is 2.47. The van der Waals surface area contributed by atoms with Crippen molar-refractivity contribution in [2.45, 2.75) is 25.8 Å². The SMILES string of the molecule is CC(=O)Nc1cccc(NC(=O)c2ccc(NC3CC3)c([N+](=O)[O-])c2)c1. The topological polar surface area (TPSA) is 113 Å². The number of hydrogen-bond acceptors (Lipinski definition) is 5. The highest BCUT2D eigenvalue weighted by Gasteiger charge is 2.25. The Morgan fingerprint density at radius 1 is 1.08 bits per heavy atom. The monoisotopic (exact) mass is 354 g/mol. The van der Waals surface area contributed by atoms with E-state index in [2.05, 4.69) is 16.0 Å². The lowest BCUT2D eigenvalue weighted by Crippen LogP contribution is -2.13. The lowest BCUT2D eigenvalue weighted by atomic mass is 10.1. The van der Waals surface area contributed by atoms with E-state index in [1.165, 1.54) is 13.0 Å². The third kappa shape index (κ3) is 4.35. The molecule has 8 heteroatoms. The summed E-state index contributed by atoms with van der Waals surface area (Å²) in [7, 11) is 0. The van der Waals surface area contributed by atoms with Gasteiger partial charge in [0.05, 0.1) is 4.92 Å². The van der Waals surface area contributed by atoms with Crippen molar-refractivity contribution in [2.24, 2.45) is 0 Å². The molecule has 8 nitrogen and oxygen atoms in total. The molecule has 0 atom stereocenters. The molecular formula is C18H18N4O4. The molecule has 26 heavy (non-hydrogen) atoms. The number of rotatable bonds is 6. The second kappa shape index (κ2) is 7.22. The quantitative estimate of drug-likeness (QED) is 0.543. The van der Waals surface area contributed by atoms with E-state index in [0.29, 0.717) is 17.1 Å². The van der Waals surface area contributed by atoms with Crippen molar-refractivity contribution in [3.05, 3.63) is 58.1 Å². The summed E-state index contributed by atoms with van der Waals surface area (Å²) < 4.78 is 0. The van der Waals surface area contributed by atoms with Crippen molar-refractivity contribution in [1.29, 1.82) is 0 Å². The first-order valence-corrected chi connectivity index (χ1v) is 8.16. The Kier molecular flexibility index (Phi) is 4.83. The van der Waals surface area contributed by atoms with Crippen LogP contribution in [-0.2, 0) is 4.79 Å². The number of carbonyl (C=O) groups excluding carboxylic acids is 2. The Hall–Kier alpha value is -3.42. The summed E-state index contributed by atoms with van der Waals surface area (Å²) in [5.74, 6) is -0.686. The van der Waals surface area contributed by atoms with Gasteiger partial charge in [0.15, 0.2) is 0 Å². The Morgan fingerprint density at radius 3 is 2.38 bits per heavy atom. The maximum absolute atomic E-state index is 12.4. The number of nitro groups is 1. The molecule has 134 valence electrons. The van der Waals surface area contributed by atoms with Crippen molar-refractivity contribution >= 4 is 34.6 Å². The van der Waals surface area contributed by atoms with Crippen LogP contribution in [0, 0.1) is 10.1 Å². The van der Waals surface area contributed by atoms with Crippen LogP contribution in [-0.4, -0.2) is 22.8 Å². The summed E-state index contributed by atoms with van der Waals surface area (Å²) >= 11 is 0. The maximum atomic E-state index is 12.4. The van der Waals surface area contributed by atoms with Gasteiger partial charge in [-0.3, -0.25) is 19.7 Å². The number of nitro benzene ring substituents is 1. The standard InChI is InChI=1S/C18H18N4O4/c1-11(23)19-14-3-2-4-15(10-14)21-18(24)12-5-8-16(20-13-6-7-13)17(9-12)22(25)26/h2-5,8-10,13,20H,6-7H2,1H3,(H,19,23)(H,21,24). The molecule has 0 unspecified atom stereocenters. The molecule has 1 fully saturated rings. The number of anilines is 3. The Labute approximate surface area is 149 Å². The minimum Gasteiger partial charge on any atom is -0.377 e. The fraction of sp³-hybridized carbons (Fsp3) is 0.222. The number of carbonyl (C=O) groups is 2. The molecular weight excluding hydrogens is 336 g/mol. The van der Waals surface area contributed by atoms with Crippen LogP contribution >= 0.6 is 0 Å². The zero-order valence-electron chi connectivity index (χ0n) is 14.1. The lowest BCUT2D eigenvalue weighted by molar-refractivity contribution is -0.384. The van der Waals surface area contributed by atoms with Crippen molar-refractivity contribution in [3.63, 3.8) is 0 Å². The van der Waals surface area contributed by atoms with Crippen LogP contribution in [0.25, 0.3) is 0 Å². The van der Waals surface area contributed by atoms with Crippen molar-refractivity contribution in [3.8, 4) is 0 Å². The molecule has 0 bridgehead atoms. The van der Waals surface area contributed by atoms with Gasteiger partial charge in [-0.1, -0.05) is 6.07 Å². The van der Waals surface area contributed by atoms with Gasteiger partial charge in [-0.15, -0.1) is 0 Å². The van der Waals surface area contributed by atoms with Crippen LogP contribution in [0.2, 0.25) is 0 Å². The van der Waals surface area contributed by atoms with E-state index >= 15 is 0 Å². The first-order chi connectivity index (χ1) is 12.4. The predicted molar refractivity (Wildman–Crippen MR) is 98.4 cm³/mol. The highest BCUT2D eigenvalue weighted by Crippen LogP contribution is 2.31. The van der Waals surface area contributed by atoms with Gasteiger partial charge in [0.2, 0.25) is 5.91 Å². The number of benzene rings is 2. The van der Waals surface area contributed by atoms with Crippen LogP contribution in [0.3, 0.4) is 0 Å². The van der Waals surface area contributed by atoms with E-state index in [9.17, 15) is 19.7 Å². The van der Waals surface area contributed by atoms with Gasteiger partial charge in [0, 0.05) is 36.0 Å². The summed E-state index contributed by atoms with van der Waals surface area (Å²) in [6.45, 7) is 1.39. The average Bonchev–Trinajstić information content (AvgIpc) is 3.38. The second-order valence-corrected chi connectivity index (χ2v) is 6.12. The summed E-state index contributed by atoms with van der Waals surface area (Å²) in [6.07, 6.45) is 1.98. The Morgan fingerprint density at radius 2 is 1.77 bits per heavy atom. The van der Waals surface area contributed by atoms with E-state index in [1.807, 2.05) is 0 Å².